The normalized spacial score (nSPS) is 16.1. The van der Waals surface area contributed by atoms with Crippen LogP contribution >= 0.6 is 11.8 Å². The van der Waals surface area contributed by atoms with Gasteiger partial charge in [0.2, 0.25) is 0 Å². The summed E-state index contributed by atoms with van der Waals surface area (Å²) in [6.07, 6.45) is 3.64. The van der Waals surface area contributed by atoms with Crippen molar-refractivity contribution in [3.63, 3.8) is 0 Å². The van der Waals surface area contributed by atoms with Crippen molar-refractivity contribution in [1.82, 2.24) is 15.0 Å². The van der Waals surface area contributed by atoms with Crippen LogP contribution < -0.4 is 0 Å². The van der Waals surface area contributed by atoms with Crippen molar-refractivity contribution in [1.29, 1.82) is 0 Å². The summed E-state index contributed by atoms with van der Waals surface area (Å²) in [4.78, 5) is 17.4. The highest BCUT2D eigenvalue weighted by Crippen LogP contribution is 2.63. The zero-order chi connectivity index (χ0) is 39.3. The first kappa shape index (κ1) is 34.2. The Morgan fingerprint density at radius 3 is 1.75 bits per heavy atom. The fraction of sp³-hybridized carbons (Fsp3) is 0.0727. The highest BCUT2D eigenvalue weighted by Gasteiger charge is 2.50. The molecule has 3 heterocycles. The van der Waals surface area contributed by atoms with E-state index < -0.39 is 5.41 Å². The summed E-state index contributed by atoms with van der Waals surface area (Å²) in [5.74, 6) is 0.649. The molecule has 2 aliphatic carbocycles. The molecular weight excluding hydrogens is 735 g/mol. The highest BCUT2D eigenvalue weighted by molar-refractivity contribution is 7.99. The lowest BCUT2D eigenvalue weighted by molar-refractivity contribution is 0.653. The molecule has 1 unspecified atom stereocenters. The molecule has 3 aliphatic rings. The minimum Gasteiger partial charge on any atom is -0.264 e. The third kappa shape index (κ3) is 4.93. The summed E-state index contributed by atoms with van der Waals surface area (Å²) in [7, 11) is 0. The van der Waals surface area contributed by atoms with Gasteiger partial charge in [-0.2, -0.15) is 0 Å². The molecule has 2 aromatic heterocycles. The second-order valence-corrected chi connectivity index (χ2v) is 17.4. The predicted octanol–water partition coefficient (Wildman–Crippen LogP) is 13.7. The van der Waals surface area contributed by atoms with Crippen LogP contribution in [0.2, 0.25) is 0 Å². The maximum Gasteiger partial charge on any atom is 0.161 e. The van der Waals surface area contributed by atoms with E-state index in [0.717, 1.165) is 28.1 Å². The van der Waals surface area contributed by atoms with Gasteiger partial charge in [0.05, 0.1) is 16.8 Å². The maximum atomic E-state index is 5.32. The molecule has 0 fully saturated rings. The number of hydrogen-bond donors (Lipinski definition) is 0. The number of pyridine rings is 1. The van der Waals surface area contributed by atoms with E-state index in [4.69, 9.17) is 9.97 Å². The molecule has 0 bridgehead atoms. The van der Waals surface area contributed by atoms with Gasteiger partial charge in [-0.15, -0.1) is 0 Å². The van der Waals surface area contributed by atoms with Gasteiger partial charge in [-0.1, -0.05) is 159 Å². The van der Waals surface area contributed by atoms with Crippen molar-refractivity contribution in [3.05, 3.63) is 222 Å². The van der Waals surface area contributed by atoms with Crippen LogP contribution in [0.5, 0.6) is 0 Å². The van der Waals surface area contributed by atoms with Crippen LogP contribution in [0.15, 0.2) is 198 Å². The molecule has 0 N–H and O–H groups in total. The fourth-order valence-electron chi connectivity index (χ4n) is 10.2. The molecule has 0 saturated carbocycles. The summed E-state index contributed by atoms with van der Waals surface area (Å²) < 4.78 is 0. The highest BCUT2D eigenvalue weighted by atomic mass is 32.2. The molecule has 0 saturated heterocycles. The molecular formula is C55H37N3S. The van der Waals surface area contributed by atoms with Crippen LogP contribution in [-0.4, -0.2) is 15.0 Å². The molecule has 12 rings (SSSR count). The molecule has 9 aromatic rings. The average molecular weight is 772 g/mol. The first-order valence-electron chi connectivity index (χ1n) is 20.3. The molecule has 4 heteroatoms. The molecule has 59 heavy (non-hydrogen) atoms. The molecule has 0 radical (unpaired) electrons. The predicted molar refractivity (Wildman–Crippen MR) is 241 cm³/mol. The summed E-state index contributed by atoms with van der Waals surface area (Å²) in [5.41, 5.74) is 19.4. The van der Waals surface area contributed by atoms with Gasteiger partial charge in [0, 0.05) is 44.3 Å². The van der Waals surface area contributed by atoms with E-state index in [1.807, 2.05) is 36.2 Å². The van der Waals surface area contributed by atoms with Gasteiger partial charge in [0.15, 0.2) is 5.82 Å². The van der Waals surface area contributed by atoms with E-state index in [1.165, 1.54) is 76.6 Å². The van der Waals surface area contributed by atoms with Crippen LogP contribution in [0.3, 0.4) is 0 Å². The van der Waals surface area contributed by atoms with Crippen LogP contribution in [0.25, 0.3) is 67.3 Å². The zero-order valence-electron chi connectivity index (χ0n) is 32.6. The van der Waals surface area contributed by atoms with E-state index in [2.05, 4.69) is 177 Å². The summed E-state index contributed by atoms with van der Waals surface area (Å²) >= 11 is 1.91. The third-order valence-electron chi connectivity index (χ3n) is 12.9. The summed E-state index contributed by atoms with van der Waals surface area (Å²) in [5, 5.41) is 0. The van der Waals surface area contributed by atoms with Crippen molar-refractivity contribution in [2.24, 2.45) is 0 Å². The standard InChI is InChI=1S/C55H37N3S/c1-54(2)43-22-10-8-21-40(43)42-30-48-52(31-46(42)54)59-51-25-13-12-24-45(51)55(48)44-23-11-9-20-39(44)37-18-6-7-19-38(37)41-27-26-35(29-47(41)55)50-32-49(34-15-4-3-5-16-34)57-53(58-50)36-17-14-28-56-33-36/h3-33H,1-2H3. The summed E-state index contributed by atoms with van der Waals surface area (Å²) in [6, 6.07) is 64.9. The van der Waals surface area contributed by atoms with Crippen LogP contribution in [0, 0.1) is 0 Å². The number of rotatable bonds is 3. The van der Waals surface area contributed by atoms with Gasteiger partial charge in [0.25, 0.3) is 0 Å². The van der Waals surface area contributed by atoms with E-state index in [0.29, 0.717) is 5.82 Å². The molecule has 1 spiro atoms. The van der Waals surface area contributed by atoms with Gasteiger partial charge in [0.1, 0.15) is 0 Å². The van der Waals surface area contributed by atoms with Crippen LogP contribution in [0.1, 0.15) is 47.2 Å². The second-order valence-electron chi connectivity index (χ2n) is 16.3. The first-order chi connectivity index (χ1) is 29.0. The van der Waals surface area contributed by atoms with E-state index in [1.54, 1.807) is 6.20 Å². The number of benzene rings is 7. The molecule has 1 atom stereocenters. The van der Waals surface area contributed by atoms with E-state index in [9.17, 15) is 0 Å². The molecule has 3 nitrogen and oxygen atoms in total. The first-order valence-corrected chi connectivity index (χ1v) is 21.1. The Hall–Kier alpha value is -6.88. The second kappa shape index (κ2) is 12.8. The minimum atomic E-state index is -0.670. The zero-order valence-corrected chi connectivity index (χ0v) is 33.5. The largest absolute Gasteiger partial charge is 0.264 e. The SMILES string of the molecule is CC1(C)c2ccccc2-c2cc3c(cc21)Sc1ccccc1C31c2ccccc2-c2ccccc2-c2ccc(-c3cc(-c4ccccc4)nc(-c4cccnc4)n3)cc21. The quantitative estimate of drug-likeness (QED) is 0.179. The summed E-state index contributed by atoms with van der Waals surface area (Å²) in [6.45, 7) is 4.76. The third-order valence-corrected chi connectivity index (χ3v) is 14.0. The van der Waals surface area contributed by atoms with Crippen molar-refractivity contribution in [2.75, 3.05) is 0 Å². The lowest BCUT2D eigenvalue weighted by atomic mass is 9.62. The van der Waals surface area contributed by atoms with Crippen LogP contribution in [-0.2, 0) is 10.8 Å². The Morgan fingerprint density at radius 2 is 1.00 bits per heavy atom. The van der Waals surface area contributed by atoms with Crippen molar-refractivity contribution < 1.29 is 0 Å². The smallest absolute Gasteiger partial charge is 0.161 e. The average Bonchev–Trinajstić information content (AvgIpc) is 3.46. The van der Waals surface area contributed by atoms with Gasteiger partial charge >= 0.3 is 0 Å². The maximum absolute atomic E-state index is 5.32. The number of fused-ring (bicyclic) bond motifs is 14. The van der Waals surface area contributed by atoms with Crippen molar-refractivity contribution in [3.8, 4) is 67.3 Å². The van der Waals surface area contributed by atoms with Gasteiger partial charge < -0.3 is 0 Å². The topological polar surface area (TPSA) is 38.7 Å². The van der Waals surface area contributed by atoms with E-state index in [-0.39, 0.29) is 5.41 Å². The number of aromatic nitrogens is 3. The molecule has 0 amide bonds. The lowest BCUT2D eigenvalue weighted by Gasteiger charge is -2.43. The molecule has 1 aliphatic heterocycles. The monoisotopic (exact) mass is 771 g/mol. The van der Waals surface area contributed by atoms with Crippen LogP contribution in [0.4, 0.5) is 0 Å². The molecule has 7 aromatic carbocycles. The Morgan fingerprint density at radius 1 is 0.390 bits per heavy atom. The lowest BCUT2D eigenvalue weighted by Crippen LogP contribution is -2.35. The Balaban J connectivity index is 1.22. The van der Waals surface area contributed by atoms with Gasteiger partial charge in [-0.05, 0) is 109 Å². The minimum absolute atomic E-state index is 0.121. The molecule has 278 valence electrons. The number of nitrogens with zero attached hydrogens (tertiary/aromatic N) is 3. The van der Waals surface area contributed by atoms with Gasteiger partial charge in [-0.3, -0.25) is 4.98 Å². The Labute approximate surface area is 348 Å². The van der Waals surface area contributed by atoms with Gasteiger partial charge in [-0.25, -0.2) is 9.97 Å². The fourth-order valence-corrected chi connectivity index (χ4v) is 11.4. The van der Waals surface area contributed by atoms with E-state index >= 15 is 0 Å². The number of hydrogen-bond acceptors (Lipinski definition) is 4. The Bertz CT molecular complexity index is 3110. The Kier molecular flexibility index (Phi) is 7.42. The van der Waals surface area contributed by atoms with Crippen molar-refractivity contribution >= 4 is 11.8 Å². The van der Waals surface area contributed by atoms with Crippen molar-refractivity contribution in [2.45, 2.75) is 34.5 Å².